The SMILES string of the molecule is c1ccc(-c2ccc(N(c3ccccc3)c3cccc4oc5c6ccccc6c(-c6cccc(-c7ccccc7)c6)cc5c34)cc2)cc1.c1ccc(-c2cccc(-c3cc4c(oc5cccc(N(c6ccccc6)c6cccc(-c7ccccc7)c6)c54)c4ccccc34)c2)cc1.c1ccc(-c2cccc(-c3cc4c(oc5cccc(N(c6ccccc6)c6ccccc6-c6ccccc6)c54)c4ccccc34)c2)cc1. The standard InChI is InChI=1S/3C46H31NO/c1-4-15-32(16-5-1)34-19-12-21-36(29-34)41-31-42-45-43(27-14-28-44(45)48-46(42)40-26-11-10-25-39(40)41)47(37-22-8-3-9-23-37)38-24-13-20-35(30-38)33-17-6-2-7-18-33;1-4-14-32(15-5-1)34-26-28-38(29-27-34)47(37-20-8-3-9-21-37)43-24-13-25-44-45(43)42-31-41(39-22-10-11-23-40(39)46(42)48-44)36-19-12-18-35(30-36)33-16-6-2-7-17-33;1-4-16-32(17-5-1)34-20-14-21-35(30-34)40-31-41-45-43(28-15-29-44(45)48-46(41)39-26-11-10-25-38(39)40)47(36-22-8-3-9-23-36)42-27-13-12-24-37(42)33-18-6-2-7-19-33/h3*1-31H. The van der Waals surface area contributed by atoms with Crippen molar-refractivity contribution in [3.05, 3.63) is 564 Å². The lowest BCUT2D eigenvalue weighted by molar-refractivity contribution is 0.672. The van der Waals surface area contributed by atoms with Gasteiger partial charge in [-0.3, -0.25) is 0 Å². The molecule has 0 N–H and O–H groups in total. The number of rotatable bonds is 18. The molecule has 0 amide bonds. The van der Waals surface area contributed by atoms with E-state index < -0.39 is 0 Å². The fourth-order valence-corrected chi connectivity index (χ4v) is 21.1. The van der Waals surface area contributed by atoms with E-state index in [9.17, 15) is 0 Å². The summed E-state index contributed by atoms with van der Waals surface area (Å²) in [7, 11) is 0. The van der Waals surface area contributed by atoms with E-state index in [0.29, 0.717) is 0 Å². The van der Waals surface area contributed by atoms with E-state index in [1.165, 1.54) is 111 Å². The lowest BCUT2D eigenvalue weighted by Crippen LogP contribution is -2.11. The second kappa shape index (κ2) is 38.3. The molecular formula is C138H93N3O3. The first-order valence-electron chi connectivity index (χ1n) is 49.1. The Bertz CT molecular complexity index is 9360. The molecule has 0 atom stereocenters. The largest absolute Gasteiger partial charge is 0.455 e. The molecule has 0 spiro atoms. The summed E-state index contributed by atoms with van der Waals surface area (Å²) in [4.78, 5) is 7.08. The van der Waals surface area contributed by atoms with Gasteiger partial charge in [0.1, 0.15) is 33.5 Å². The molecule has 0 fully saturated rings. The van der Waals surface area contributed by atoms with Crippen molar-refractivity contribution in [2.75, 3.05) is 14.7 Å². The van der Waals surface area contributed by atoms with E-state index in [2.05, 4.69) is 579 Å². The van der Waals surface area contributed by atoms with Gasteiger partial charge in [-0.2, -0.15) is 0 Å². The van der Waals surface area contributed by atoms with Gasteiger partial charge in [0.15, 0.2) is 0 Å². The van der Waals surface area contributed by atoms with Crippen LogP contribution in [-0.4, -0.2) is 0 Å². The van der Waals surface area contributed by atoms with Crippen LogP contribution < -0.4 is 14.7 Å². The summed E-state index contributed by atoms with van der Waals surface area (Å²) >= 11 is 0. The third kappa shape index (κ3) is 16.5. The van der Waals surface area contributed by atoms with E-state index >= 15 is 0 Å². The van der Waals surface area contributed by atoms with Crippen LogP contribution in [0.15, 0.2) is 577 Å². The molecule has 0 saturated carbocycles. The van der Waals surface area contributed by atoms with Crippen molar-refractivity contribution >= 4 is 149 Å². The molecule has 0 radical (unpaired) electrons. The molecule has 6 nitrogen and oxygen atoms in total. The summed E-state index contributed by atoms with van der Waals surface area (Å²) in [5, 5.41) is 13.4. The predicted molar refractivity (Wildman–Crippen MR) is 607 cm³/mol. The number of nitrogens with zero attached hydrogens (tertiary/aromatic N) is 3. The fourth-order valence-electron chi connectivity index (χ4n) is 21.1. The van der Waals surface area contributed by atoms with E-state index in [4.69, 9.17) is 13.3 Å². The second-order valence-corrected chi connectivity index (χ2v) is 36.4. The van der Waals surface area contributed by atoms with Gasteiger partial charge in [0.25, 0.3) is 0 Å². The monoisotopic (exact) mass is 1840 g/mol. The summed E-state index contributed by atoms with van der Waals surface area (Å²) in [6, 6.07) is 200. The molecule has 6 heteroatoms. The zero-order chi connectivity index (χ0) is 95.6. The zero-order valence-electron chi connectivity index (χ0n) is 78.8. The summed E-state index contributed by atoms with van der Waals surface area (Å²) in [5.74, 6) is 0. The highest BCUT2D eigenvalue weighted by Gasteiger charge is 2.29. The van der Waals surface area contributed by atoms with Gasteiger partial charge in [-0.15, -0.1) is 0 Å². The van der Waals surface area contributed by atoms with Crippen LogP contribution >= 0.6 is 0 Å². The third-order valence-corrected chi connectivity index (χ3v) is 27.7. The van der Waals surface area contributed by atoms with Crippen LogP contribution in [0.1, 0.15) is 0 Å². The Kier molecular flexibility index (Phi) is 23.0. The number of anilines is 9. The Labute approximate surface area is 835 Å². The maximum Gasteiger partial charge on any atom is 0.143 e. The molecule has 27 rings (SSSR count). The average Bonchev–Trinajstić information content (AvgIpc) is 1.58. The number of para-hydroxylation sites is 4. The molecule has 144 heavy (non-hydrogen) atoms. The van der Waals surface area contributed by atoms with Crippen LogP contribution in [0.3, 0.4) is 0 Å². The molecule has 3 heterocycles. The van der Waals surface area contributed by atoms with Crippen molar-refractivity contribution in [1.29, 1.82) is 0 Å². The minimum atomic E-state index is 0.862. The molecule has 678 valence electrons. The lowest BCUT2D eigenvalue weighted by atomic mass is 9.93. The van der Waals surface area contributed by atoms with Gasteiger partial charge < -0.3 is 28.0 Å². The van der Waals surface area contributed by atoms with Crippen molar-refractivity contribution in [3.8, 4) is 100 Å². The quantitative estimate of drug-likeness (QED) is 0.0853. The molecule has 27 aromatic rings. The van der Waals surface area contributed by atoms with Gasteiger partial charge >= 0.3 is 0 Å². The molecule has 0 unspecified atom stereocenters. The van der Waals surface area contributed by atoms with Gasteiger partial charge in [0, 0.05) is 66.3 Å². The van der Waals surface area contributed by atoms with Crippen LogP contribution in [-0.2, 0) is 0 Å². The van der Waals surface area contributed by atoms with Crippen LogP contribution in [0, 0.1) is 0 Å². The number of benzene rings is 24. The highest BCUT2D eigenvalue weighted by atomic mass is 16.3. The summed E-state index contributed by atoms with van der Waals surface area (Å²) in [6.07, 6.45) is 0. The van der Waals surface area contributed by atoms with Gasteiger partial charge in [-0.25, -0.2) is 0 Å². The maximum absolute atomic E-state index is 6.80. The minimum absolute atomic E-state index is 0.862. The number of fused-ring (bicyclic) bond motifs is 15. The Morgan fingerprint density at radius 3 is 0.708 bits per heavy atom. The van der Waals surface area contributed by atoms with Crippen molar-refractivity contribution in [3.63, 3.8) is 0 Å². The summed E-state index contributed by atoms with van der Waals surface area (Å²) < 4.78 is 20.3. The van der Waals surface area contributed by atoms with Gasteiger partial charge in [-0.05, 0) is 250 Å². The number of hydrogen-bond donors (Lipinski definition) is 0. The normalized spacial score (nSPS) is 11.3. The van der Waals surface area contributed by atoms with E-state index in [1.807, 2.05) is 0 Å². The molecule has 3 aromatic heterocycles. The van der Waals surface area contributed by atoms with Gasteiger partial charge in [-0.1, -0.05) is 425 Å². The summed E-state index contributed by atoms with van der Waals surface area (Å²) in [6.45, 7) is 0. The smallest absolute Gasteiger partial charge is 0.143 e. The molecule has 0 aliphatic rings. The van der Waals surface area contributed by atoms with Gasteiger partial charge in [0.05, 0.1) is 38.9 Å². The highest BCUT2D eigenvalue weighted by molar-refractivity contribution is 6.26. The Hall–Kier alpha value is -19.1. The predicted octanol–water partition coefficient (Wildman–Crippen LogP) is 39.6. The average molecular weight is 1840 g/mol. The Morgan fingerprint density at radius 1 is 0.118 bits per heavy atom. The first-order valence-corrected chi connectivity index (χ1v) is 49.1. The molecule has 0 aliphatic carbocycles. The minimum Gasteiger partial charge on any atom is -0.455 e. The van der Waals surface area contributed by atoms with E-state index in [0.717, 1.165) is 139 Å². The van der Waals surface area contributed by atoms with Crippen molar-refractivity contribution in [1.82, 2.24) is 0 Å². The van der Waals surface area contributed by atoms with Crippen molar-refractivity contribution < 1.29 is 13.3 Å². The number of furan rings is 3. The first-order chi connectivity index (χ1) is 71.5. The van der Waals surface area contributed by atoms with Crippen LogP contribution in [0.2, 0.25) is 0 Å². The Morgan fingerprint density at radius 2 is 0.347 bits per heavy atom. The second-order valence-electron chi connectivity index (χ2n) is 36.4. The zero-order valence-corrected chi connectivity index (χ0v) is 78.8. The Balaban J connectivity index is 0.000000113. The molecule has 0 saturated heterocycles. The van der Waals surface area contributed by atoms with E-state index in [-0.39, 0.29) is 0 Å². The molecular weight excluding hydrogens is 1750 g/mol. The first kappa shape index (κ1) is 86.4. The fraction of sp³-hybridized carbons (Fsp3) is 0. The van der Waals surface area contributed by atoms with E-state index in [1.54, 1.807) is 0 Å². The van der Waals surface area contributed by atoms with Gasteiger partial charge in [0.2, 0.25) is 0 Å². The van der Waals surface area contributed by atoms with Crippen LogP contribution in [0.25, 0.3) is 198 Å². The molecule has 0 bridgehead atoms. The van der Waals surface area contributed by atoms with Crippen LogP contribution in [0.5, 0.6) is 0 Å². The molecule has 24 aromatic carbocycles. The summed E-state index contributed by atoms with van der Waals surface area (Å²) in [5.41, 5.74) is 36.4. The van der Waals surface area contributed by atoms with Crippen molar-refractivity contribution in [2.45, 2.75) is 0 Å². The topological polar surface area (TPSA) is 49.1 Å². The van der Waals surface area contributed by atoms with Crippen molar-refractivity contribution in [2.24, 2.45) is 0 Å². The van der Waals surface area contributed by atoms with Crippen LogP contribution in [0.4, 0.5) is 51.2 Å². The highest BCUT2D eigenvalue weighted by Crippen LogP contribution is 2.53. The lowest BCUT2D eigenvalue weighted by Gasteiger charge is -2.28. The maximum atomic E-state index is 6.80. The third-order valence-electron chi connectivity index (χ3n) is 27.7. The molecule has 0 aliphatic heterocycles. The number of hydrogen-bond acceptors (Lipinski definition) is 6.